The minimum absolute atomic E-state index is 0.243. The molecule has 1 aromatic heterocycles. The summed E-state index contributed by atoms with van der Waals surface area (Å²) >= 11 is 0. The maximum absolute atomic E-state index is 6.74. The molecule has 0 radical (unpaired) electrons. The van der Waals surface area contributed by atoms with Crippen LogP contribution in [0.5, 0.6) is 5.75 Å². The van der Waals surface area contributed by atoms with E-state index >= 15 is 0 Å². The van der Waals surface area contributed by atoms with Gasteiger partial charge in [0.2, 0.25) is 0 Å². The van der Waals surface area contributed by atoms with E-state index in [0.29, 0.717) is 6.04 Å². The van der Waals surface area contributed by atoms with Gasteiger partial charge >= 0.3 is 0 Å². The first-order valence-corrected chi connectivity index (χ1v) is 13.2. The predicted octanol–water partition coefficient (Wildman–Crippen LogP) is 4.50. The summed E-state index contributed by atoms with van der Waals surface area (Å²) in [5.74, 6) is 1.82. The summed E-state index contributed by atoms with van der Waals surface area (Å²) in [5, 5.41) is 5.07. The number of ether oxygens (including phenoxy) is 1. The van der Waals surface area contributed by atoms with Gasteiger partial charge in [-0.3, -0.25) is 9.88 Å². The van der Waals surface area contributed by atoms with Crippen molar-refractivity contribution in [2.75, 3.05) is 19.6 Å². The second kappa shape index (κ2) is 9.01. The highest BCUT2D eigenvalue weighted by Gasteiger charge is 2.47. The maximum Gasteiger partial charge on any atom is 0.146 e. The lowest BCUT2D eigenvalue weighted by Crippen LogP contribution is -2.45. The Bertz CT molecular complexity index is 1020. The van der Waals surface area contributed by atoms with Gasteiger partial charge in [0.25, 0.3) is 0 Å². The van der Waals surface area contributed by atoms with E-state index in [2.05, 4.69) is 45.6 Å². The van der Waals surface area contributed by atoms with Crippen molar-refractivity contribution in [2.45, 2.75) is 81.5 Å². The van der Waals surface area contributed by atoms with Gasteiger partial charge in [-0.2, -0.15) is 0 Å². The van der Waals surface area contributed by atoms with Crippen LogP contribution in [0.25, 0.3) is 17.0 Å². The molecule has 33 heavy (non-hydrogen) atoms. The Labute approximate surface area is 197 Å². The lowest BCUT2D eigenvalue weighted by molar-refractivity contribution is 0.121. The zero-order valence-corrected chi connectivity index (χ0v) is 19.7. The van der Waals surface area contributed by atoms with Crippen molar-refractivity contribution >= 4 is 17.0 Å². The monoisotopic (exact) mass is 446 g/mol. The minimum Gasteiger partial charge on any atom is -0.480 e. The molecule has 5 nitrogen and oxygen atoms in total. The molecule has 5 atom stereocenters. The van der Waals surface area contributed by atoms with Gasteiger partial charge in [-0.15, -0.1) is 0 Å². The van der Waals surface area contributed by atoms with Gasteiger partial charge in [0.15, 0.2) is 0 Å². The van der Waals surface area contributed by atoms with Crippen molar-refractivity contribution in [3.63, 3.8) is 0 Å². The molecule has 4 heterocycles. The summed E-state index contributed by atoms with van der Waals surface area (Å²) in [7, 11) is 0. The first-order chi connectivity index (χ1) is 16.2. The molecule has 4 aliphatic rings. The predicted molar refractivity (Wildman–Crippen MR) is 134 cm³/mol. The molecule has 3 aliphatic heterocycles. The minimum atomic E-state index is -0.280. The number of benzene rings is 1. The van der Waals surface area contributed by atoms with Gasteiger partial charge < -0.3 is 15.8 Å². The van der Waals surface area contributed by atoms with E-state index in [1.54, 1.807) is 0 Å². The molecule has 1 aliphatic carbocycles. The largest absolute Gasteiger partial charge is 0.480 e. The zero-order valence-electron chi connectivity index (χ0n) is 19.7. The fourth-order valence-corrected chi connectivity index (χ4v) is 6.40. The Hall–Kier alpha value is -1.95. The Morgan fingerprint density at radius 1 is 1.09 bits per heavy atom. The fourth-order valence-electron chi connectivity index (χ4n) is 6.40. The molecule has 1 aromatic carbocycles. The number of rotatable bonds is 0. The number of nitrogens with zero attached hydrogens (tertiary/aromatic N) is 2. The number of nitrogens with one attached hydrogen (secondary N) is 1. The van der Waals surface area contributed by atoms with Crippen LogP contribution in [0.4, 0.5) is 0 Å². The first kappa shape index (κ1) is 21.6. The lowest BCUT2D eigenvalue weighted by Gasteiger charge is -2.32. The van der Waals surface area contributed by atoms with E-state index < -0.39 is 0 Å². The third-order valence-corrected chi connectivity index (χ3v) is 8.37. The van der Waals surface area contributed by atoms with Crippen molar-refractivity contribution in [3.05, 3.63) is 42.1 Å². The van der Waals surface area contributed by atoms with E-state index in [4.69, 9.17) is 10.5 Å². The van der Waals surface area contributed by atoms with Crippen LogP contribution in [0.1, 0.15) is 63.4 Å². The molecule has 1 spiro atoms. The van der Waals surface area contributed by atoms with E-state index in [1.165, 1.54) is 44.9 Å². The molecule has 0 bridgehead atoms. The molecule has 3 N–H and O–H groups in total. The molecule has 3 fully saturated rings. The Morgan fingerprint density at radius 3 is 2.88 bits per heavy atom. The molecule has 5 heteroatoms. The SMILES string of the molecule is NC1CCCCCCCC2CC2NCC2CC3(C=Cc4c(cnc5ccccc45)O3)CN2C1. The molecule has 2 saturated heterocycles. The van der Waals surface area contributed by atoms with Crippen LogP contribution in [0.2, 0.25) is 0 Å². The molecule has 176 valence electrons. The molecule has 5 unspecified atom stereocenters. The van der Waals surface area contributed by atoms with E-state index in [0.717, 1.165) is 66.7 Å². The Kier molecular flexibility index (Phi) is 5.89. The summed E-state index contributed by atoms with van der Waals surface area (Å²) in [4.78, 5) is 7.27. The summed E-state index contributed by atoms with van der Waals surface area (Å²) in [6.45, 7) is 2.90. The van der Waals surface area contributed by atoms with Crippen LogP contribution in [0, 0.1) is 5.92 Å². The van der Waals surface area contributed by atoms with Crippen molar-refractivity contribution in [1.29, 1.82) is 0 Å². The third kappa shape index (κ3) is 4.55. The Morgan fingerprint density at radius 2 is 1.94 bits per heavy atom. The van der Waals surface area contributed by atoms with Crippen molar-refractivity contribution < 1.29 is 4.74 Å². The van der Waals surface area contributed by atoms with Crippen LogP contribution >= 0.6 is 0 Å². The number of hydrogen-bond donors (Lipinski definition) is 2. The van der Waals surface area contributed by atoms with Gasteiger partial charge in [-0.1, -0.05) is 56.4 Å². The average molecular weight is 447 g/mol. The normalized spacial score (nSPS) is 35.2. The number of fused-ring (bicyclic) bond motifs is 5. The summed E-state index contributed by atoms with van der Waals surface area (Å²) < 4.78 is 6.74. The van der Waals surface area contributed by atoms with Crippen LogP contribution < -0.4 is 15.8 Å². The molecule has 6 rings (SSSR count). The van der Waals surface area contributed by atoms with Gasteiger partial charge in [0, 0.05) is 55.1 Å². The molecular formula is C28H38N4O. The van der Waals surface area contributed by atoms with E-state index in [-0.39, 0.29) is 11.6 Å². The molecule has 2 aromatic rings. The number of aromatic nitrogens is 1. The van der Waals surface area contributed by atoms with Crippen LogP contribution in [0.3, 0.4) is 0 Å². The lowest BCUT2D eigenvalue weighted by atomic mass is 9.94. The zero-order chi connectivity index (χ0) is 22.3. The van der Waals surface area contributed by atoms with Gasteiger partial charge in [0.05, 0.1) is 11.7 Å². The highest BCUT2D eigenvalue weighted by molar-refractivity contribution is 5.90. The number of hydrogen-bond acceptors (Lipinski definition) is 5. The number of para-hydroxylation sites is 1. The second-order valence-electron chi connectivity index (χ2n) is 11.0. The summed E-state index contributed by atoms with van der Waals surface area (Å²) in [6, 6.07) is 9.75. The van der Waals surface area contributed by atoms with Crippen molar-refractivity contribution in [3.8, 4) is 5.75 Å². The Balaban J connectivity index is 1.21. The smallest absolute Gasteiger partial charge is 0.146 e. The highest BCUT2D eigenvalue weighted by atomic mass is 16.5. The van der Waals surface area contributed by atoms with E-state index in [1.807, 2.05) is 12.3 Å². The first-order valence-electron chi connectivity index (χ1n) is 13.2. The van der Waals surface area contributed by atoms with E-state index in [9.17, 15) is 0 Å². The van der Waals surface area contributed by atoms with Gasteiger partial charge in [0.1, 0.15) is 11.4 Å². The standard InChI is InChI=1S/C28H38N4O/c29-21-9-5-3-1-2-4-8-20-14-26(20)30-16-22-15-28(19-32(22)18-21)13-12-24-23-10-6-7-11-25(23)31-17-27(24)33-28/h6-7,10-13,17,20-22,26,30H,1-5,8-9,14-16,18-19,29H2. The topological polar surface area (TPSA) is 63.4 Å². The van der Waals surface area contributed by atoms with Crippen LogP contribution in [-0.2, 0) is 0 Å². The van der Waals surface area contributed by atoms with Gasteiger partial charge in [-0.25, -0.2) is 0 Å². The second-order valence-corrected chi connectivity index (χ2v) is 11.0. The quantitative estimate of drug-likeness (QED) is 0.624. The van der Waals surface area contributed by atoms with Crippen molar-refractivity contribution in [1.82, 2.24) is 15.2 Å². The number of nitrogens with two attached hydrogens (primary N) is 1. The molecule has 1 saturated carbocycles. The summed E-state index contributed by atoms with van der Waals surface area (Å²) in [5.41, 5.74) is 8.53. The summed E-state index contributed by atoms with van der Waals surface area (Å²) in [6.07, 6.45) is 18.2. The third-order valence-electron chi connectivity index (χ3n) is 8.37. The number of pyridine rings is 1. The van der Waals surface area contributed by atoms with Crippen LogP contribution in [0.15, 0.2) is 36.5 Å². The molecule has 0 amide bonds. The molecular weight excluding hydrogens is 408 g/mol. The maximum atomic E-state index is 6.74. The fraction of sp³-hybridized carbons (Fsp3) is 0.607. The van der Waals surface area contributed by atoms with Crippen LogP contribution in [-0.4, -0.2) is 53.2 Å². The van der Waals surface area contributed by atoms with Gasteiger partial charge in [-0.05, 0) is 37.3 Å². The average Bonchev–Trinajstić information content (AvgIpc) is 3.50. The van der Waals surface area contributed by atoms with Crippen molar-refractivity contribution in [2.24, 2.45) is 11.7 Å². The highest BCUT2D eigenvalue weighted by Crippen LogP contribution is 2.41.